The lowest BCUT2D eigenvalue weighted by atomic mass is 10.00. The summed E-state index contributed by atoms with van der Waals surface area (Å²) in [6.07, 6.45) is 8.34. The number of nitrogens with zero attached hydrogens (tertiary/aromatic N) is 1. The Kier molecular flexibility index (Phi) is 2.51. The minimum absolute atomic E-state index is 0.0346. The summed E-state index contributed by atoms with van der Waals surface area (Å²) in [6, 6.07) is 0. The lowest BCUT2D eigenvalue weighted by Gasteiger charge is -2.12. The van der Waals surface area contributed by atoms with Crippen LogP contribution in [0.5, 0.6) is 0 Å². The summed E-state index contributed by atoms with van der Waals surface area (Å²) in [4.78, 5) is 4.40. The van der Waals surface area contributed by atoms with Crippen molar-refractivity contribution in [1.29, 1.82) is 0 Å². The van der Waals surface area contributed by atoms with Gasteiger partial charge in [0, 0.05) is 6.21 Å². The van der Waals surface area contributed by atoms with Crippen molar-refractivity contribution in [3.8, 4) is 0 Å². The highest BCUT2D eigenvalue weighted by Crippen LogP contribution is 2.18. The van der Waals surface area contributed by atoms with E-state index in [9.17, 15) is 0 Å². The van der Waals surface area contributed by atoms with Crippen molar-refractivity contribution in [3.05, 3.63) is 23.8 Å². The maximum Gasteiger partial charge on any atom is 0.0734 e. The third-order valence-electron chi connectivity index (χ3n) is 2.02. The largest absolute Gasteiger partial charge is 0.283 e. The van der Waals surface area contributed by atoms with Crippen molar-refractivity contribution >= 4 is 6.21 Å². The zero-order valence-corrected chi connectivity index (χ0v) is 8.33. The van der Waals surface area contributed by atoms with Crippen molar-refractivity contribution in [1.82, 2.24) is 0 Å². The Balaban J connectivity index is 2.86. The summed E-state index contributed by atoms with van der Waals surface area (Å²) in [5.74, 6) is 0.585. The van der Waals surface area contributed by atoms with Crippen LogP contribution in [-0.2, 0) is 0 Å². The standard InChI is InChI=1S/C11H17N/c1-9(2)10-5-7-11(3,4)12-8-6-10/h5-9H,1-4H3. The summed E-state index contributed by atoms with van der Waals surface area (Å²) in [6.45, 7) is 8.61. The molecular formula is C11H17N. The molecule has 0 aliphatic carbocycles. The van der Waals surface area contributed by atoms with Gasteiger partial charge in [0.1, 0.15) is 0 Å². The minimum atomic E-state index is -0.0346. The van der Waals surface area contributed by atoms with E-state index in [1.165, 1.54) is 5.57 Å². The first-order chi connectivity index (χ1) is 5.51. The van der Waals surface area contributed by atoms with Crippen LogP contribution in [0.15, 0.2) is 28.8 Å². The molecule has 66 valence electrons. The summed E-state index contributed by atoms with van der Waals surface area (Å²) in [5, 5.41) is 0. The number of hydrogen-bond acceptors (Lipinski definition) is 1. The Labute approximate surface area is 74.9 Å². The van der Waals surface area contributed by atoms with Gasteiger partial charge in [-0.2, -0.15) is 0 Å². The summed E-state index contributed by atoms with van der Waals surface area (Å²) in [5.41, 5.74) is 1.32. The number of rotatable bonds is 1. The van der Waals surface area contributed by atoms with Crippen LogP contribution in [0, 0.1) is 5.92 Å². The van der Waals surface area contributed by atoms with Gasteiger partial charge in [-0.25, -0.2) is 0 Å². The highest BCUT2D eigenvalue weighted by atomic mass is 14.8. The molecule has 0 unspecified atom stereocenters. The maximum atomic E-state index is 4.40. The van der Waals surface area contributed by atoms with Crippen molar-refractivity contribution < 1.29 is 0 Å². The second-order valence-electron chi connectivity index (χ2n) is 4.09. The predicted octanol–water partition coefficient (Wildman–Crippen LogP) is 2.99. The molecule has 0 saturated heterocycles. The third-order valence-corrected chi connectivity index (χ3v) is 2.02. The molecule has 0 fully saturated rings. The van der Waals surface area contributed by atoms with Crippen LogP contribution < -0.4 is 0 Å². The Hall–Kier alpha value is -0.850. The molecule has 1 aliphatic rings. The lowest BCUT2D eigenvalue weighted by molar-refractivity contribution is 0.661. The SMILES string of the molecule is CC(C)C1=CC=NC(C)(C)C=C1. The van der Waals surface area contributed by atoms with Crippen molar-refractivity contribution in [3.63, 3.8) is 0 Å². The quantitative estimate of drug-likeness (QED) is 0.563. The van der Waals surface area contributed by atoms with Crippen LogP contribution in [0.25, 0.3) is 0 Å². The predicted molar refractivity (Wildman–Crippen MR) is 54.6 cm³/mol. The first kappa shape index (κ1) is 9.24. The first-order valence-electron chi connectivity index (χ1n) is 4.46. The molecule has 0 bridgehead atoms. The summed E-state index contributed by atoms with van der Waals surface area (Å²) < 4.78 is 0. The Morgan fingerprint density at radius 2 is 2.00 bits per heavy atom. The fraction of sp³-hybridized carbons (Fsp3) is 0.545. The Morgan fingerprint density at radius 1 is 1.33 bits per heavy atom. The number of aliphatic imine (C=N–C) groups is 1. The average Bonchev–Trinajstić information content (AvgIpc) is 2.10. The average molecular weight is 163 g/mol. The van der Waals surface area contributed by atoms with E-state index < -0.39 is 0 Å². The topological polar surface area (TPSA) is 12.4 Å². The van der Waals surface area contributed by atoms with Crippen LogP contribution in [0.1, 0.15) is 27.7 Å². The van der Waals surface area contributed by atoms with Gasteiger partial charge in [-0.1, -0.05) is 26.0 Å². The van der Waals surface area contributed by atoms with Gasteiger partial charge in [0.15, 0.2) is 0 Å². The van der Waals surface area contributed by atoms with Crippen molar-refractivity contribution in [2.24, 2.45) is 10.9 Å². The van der Waals surface area contributed by atoms with Gasteiger partial charge < -0.3 is 0 Å². The van der Waals surface area contributed by atoms with Crippen LogP contribution >= 0.6 is 0 Å². The zero-order valence-electron chi connectivity index (χ0n) is 8.33. The second kappa shape index (κ2) is 3.26. The maximum absolute atomic E-state index is 4.40. The molecule has 0 N–H and O–H groups in total. The molecule has 0 saturated carbocycles. The number of hydrogen-bond donors (Lipinski definition) is 0. The minimum Gasteiger partial charge on any atom is -0.283 e. The molecule has 0 aromatic carbocycles. The van der Waals surface area contributed by atoms with Crippen LogP contribution in [0.4, 0.5) is 0 Å². The first-order valence-corrected chi connectivity index (χ1v) is 4.46. The molecule has 1 rings (SSSR count). The van der Waals surface area contributed by atoms with Gasteiger partial charge in [-0.15, -0.1) is 0 Å². The molecule has 0 radical (unpaired) electrons. The lowest BCUT2D eigenvalue weighted by Crippen LogP contribution is -2.11. The molecule has 1 heteroatoms. The van der Waals surface area contributed by atoms with Gasteiger partial charge in [-0.05, 0) is 31.4 Å². The highest BCUT2D eigenvalue weighted by molar-refractivity contribution is 5.74. The van der Waals surface area contributed by atoms with Crippen LogP contribution in [0.3, 0.4) is 0 Å². The zero-order chi connectivity index (χ0) is 9.19. The molecule has 0 amide bonds. The molecule has 12 heavy (non-hydrogen) atoms. The molecular weight excluding hydrogens is 146 g/mol. The van der Waals surface area contributed by atoms with Gasteiger partial charge in [0.2, 0.25) is 0 Å². The van der Waals surface area contributed by atoms with Gasteiger partial charge >= 0.3 is 0 Å². The third kappa shape index (κ3) is 2.33. The molecule has 1 aliphatic heterocycles. The smallest absolute Gasteiger partial charge is 0.0734 e. The fourth-order valence-corrected chi connectivity index (χ4v) is 1.10. The second-order valence-corrected chi connectivity index (χ2v) is 4.09. The molecule has 0 aromatic heterocycles. The van der Waals surface area contributed by atoms with E-state index >= 15 is 0 Å². The van der Waals surface area contributed by atoms with Crippen LogP contribution in [-0.4, -0.2) is 11.8 Å². The summed E-state index contributed by atoms with van der Waals surface area (Å²) >= 11 is 0. The van der Waals surface area contributed by atoms with E-state index in [-0.39, 0.29) is 5.54 Å². The molecule has 0 atom stereocenters. The molecule has 1 heterocycles. The number of allylic oxidation sites excluding steroid dienone is 3. The molecule has 1 nitrogen and oxygen atoms in total. The monoisotopic (exact) mass is 163 g/mol. The van der Waals surface area contributed by atoms with Gasteiger partial charge in [0.05, 0.1) is 5.54 Å². The highest BCUT2D eigenvalue weighted by Gasteiger charge is 2.12. The summed E-state index contributed by atoms with van der Waals surface area (Å²) in [7, 11) is 0. The Bertz CT molecular complexity index is 242. The normalized spacial score (nSPS) is 20.9. The van der Waals surface area contributed by atoms with Crippen molar-refractivity contribution in [2.75, 3.05) is 0 Å². The van der Waals surface area contributed by atoms with E-state index in [0.29, 0.717) is 5.92 Å². The van der Waals surface area contributed by atoms with Gasteiger partial charge in [0.25, 0.3) is 0 Å². The van der Waals surface area contributed by atoms with E-state index in [0.717, 1.165) is 0 Å². The molecule has 0 spiro atoms. The molecule has 0 aromatic rings. The van der Waals surface area contributed by atoms with Crippen LogP contribution in [0.2, 0.25) is 0 Å². The van der Waals surface area contributed by atoms with E-state index in [1.54, 1.807) is 0 Å². The van der Waals surface area contributed by atoms with E-state index in [1.807, 2.05) is 6.21 Å². The van der Waals surface area contributed by atoms with Crippen molar-refractivity contribution in [2.45, 2.75) is 33.2 Å². The fourth-order valence-electron chi connectivity index (χ4n) is 1.10. The van der Waals surface area contributed by atoms with Gasteiger partial charge in [-0.3, -0.25) is 4.99 Å². The Morgan fingerprint density at radius 3 is 2.58 bits per heavy atom. The van der Waals surface area contributed by atoms with E-state index in [2.05, 4.69) is 50.9 Å². The van der Waals surface area contributed by atoms with E-state index in [4.69, 9.17) is 0 Å².